The van der Waals surface area contributed by atoms with Crippen LogP contribution in [0.1, 0.15) is 84.7 Å². The third kappa shape index (κ3) is 8.14. The largest absolute Gasteiger partial charge is 0.490 e. The summed E-state index contributed by atoms with van der Waals surface area (Å²) >= 11 is 6.47. The molecule has 1 aromatic heterocycles. The van der Waals surface area contributed by atoms with Gasteiger partial charge in [-0.1, -0.05) is 44.5 Å². The molecule has 2 aliphatic carbocycles. The molecular weight excluding hydrogens is 742 g/mol. The molecule has 1 spiro atoms. The van der Waals surface area contributed by atoms with Gasteiger partial charge in [0, 0.05) is 48.3 Å². The van der Waals surface area contributed by atoms with Gasteiger partial charge in [-0.15, -0.1) is 9.46 Å². The highest BCUT2D eigenvalue weighted by atomic mass is 35.5. The van der Waals surface area contributed by atoms with Crippen molar-refractivity contribution < 1.29 is 32.8 Å². The fraction of sp³-hybridized carbons (Fsp3) is 0.512. The Morgan fingerprint density at radius 2 is 1.98 bits per heavy atom. The highest BCUT2D eigenvalue weighted by Crippen LogP contribution is 2.47. The summed E-state index contributed by atoms with van der Waals surface area (Å²) in [7, 11) is -0.643. The van der Waals surface area contributed by atoms with Gasteiger partial charge in [-0.2, -0.15) is 0 Å². The van der Waals surface area contributed by atoms with Crippen molar-refractivity contribution in [1.82, 2.24) is 14.5 Å². The van der Waals surface area contributed by atoms with Crippen LogP contribution in [-0.4, -0.2) is 70.4 Å². The van der Waals surface area contributed by atoms with Crippen molar-refractivity contribution in [2.24, 2.45) is 35.1 Å². The Hall–Kier alpha value is -4.36. The monoisotopic (exact) mass is 791 g/mol. The number of amides is 2. The van der Waals surface area contributed by atoms with Crippen LogP contribution in [-0.2, 0) is 38.3 Å². The molecule has 1 unspecified atom stereocenters. The normalized spacial score (nSPS) is 28.4. The molecule has 1 fully saturated rings. The third-order valence-electron chi connectivity index (χ3n) is 11.5. The molecule has 7 rings (SSSR count). The van der Waals surface area contributed by atoms with Crippen LogP contribution in [0, 0.1) is 23.7 Å². The number of allylic oxidation sites excluding steroid dienone is 1. The molecule has 294 valence electrons. The lowest BCUT2D eigenvalue weighted by Gasteiger charge is -2.46. The second-order valence-electron chi connectivity index (χ2n) is 16.0. The van der Waals surface area contributed by atoms with E-state index < -0.39 is 27.8 Å². The fourth-order valence-electron chi connectivity index (χ4n) is 8.49. The number of hydrogen-bond donors (Lipinski definition) is 1. The summed E-state index contributed by atoms with van der Waals surface area (Å²) in [6.07, 6.45) is 10.1. The zero-order valence-electron chi connectivity index (χ0n) is 32.1. The maximum absolute atomic E-state index is 14.7. The maximum Gasteiger partial charge on any atom is 0.308 e. The zero-order valence-corrected chi connectivity index (χ0v) is 33.7. The van der Waals surface area contributed by atoms with Crippen molar-refractivity contribution in [3.8, 4) is 11.6 Å². The van der Waals surface area contributed by atoms with Crippen molar-refractivity contribution in [2.45, 2.75) is 70.8 Å². The van der Waals surface area contributed by atoms with Gasteiger partial charge in [0.15, 0.2) is 0 Å². The number of benzene rings is 2. The third-order valence-corrected chi connectivity index (χ3v) is 13.7. The Balaban J connectivity index is 1.32. The van der Waals surface area contributed by atoms with Gasteiger partial charge in [-0.25, -0.2) is 4.21 Å². The number of hydrogen-bond acceptors (Lipinski definition) is 9. The molecular formula is C41H50ClN5O7S. The van der Waals surface area contributed by atoms with Gasteiger partial charge in [0.2, 0.25) is 5.88 Å². The highest BCUT2D eigenvalue weighted by Gasteiger charge is 2.45. The van der Waals surface area contributed by atoms with E-state index in [9.17, 15) is 18.6 Å². The Kier molecular flexibility index (Phi) is 11.1. The maximum atomic E-state index is 14.7. The summed E-state index contributed by atoms with van der Waals surface area (Å²) in [6, 6.07) is 11.3. The van der Waals surface area contributed by atoms with Crippen LogP contribution in [0.5, 0.6) is 11.6 Å². The highest BCUT2D eigenvalue weighted by molar-refractivity contribution is 7.92. The van der Waals surface area contributed by atoms with Crippen molar-refractivity contribution in [3.05, 3.63) is 82.0 Å². The van der Waals surface area contributed by atoms with Gasteiger partial charge in [-0.05, 0) is 97.9 Å². The number of nitrogens with zero attached hydrogens (tertiary/aromatic N) is 4. The van der Waals surface area contributed by atoms with Crippen LogP contribution < -0.4 is 19.1 Å². The molecule has 14 heteroatoms. The van der Waals surface area contributed by atoms with Crippen LogP contribution in [0.4, 0.5) is 5.69 Å². The average molecular weight is 792 g/mol. The predicted octanol–water partition coefficient (Wildman–Crippen LogP) is 6.70. The SMILES string of the molecule is COc1nn(C)cc1C(=O)NS1(=O)=NC(=O)c2ccc3c(c2)N(C[C@@H]2CC[C@H]2[C@@H](OC(=O)C(C)C)/C=C\C[C@H](C)C1)C[C@@]1(CCCc2cc(Cl)ccc21)CO3. The summed E-state index contributed by atoms with van der Waals surface area (Å²) in [5.74, 6) is -1.37. The molecule has 6 atom stereocenters. The molecule has 3 aromatic rings. The van der Waals surface area contributed by atoms with Gasteiger partial charge in [-0.3, -0.25) is 23.8 Å². The lowest BCUT2D eigenvalue weighted by molar-refractivity contribution is -0.155. The fourth-order valence-corrected chi connectivity index (χ4v) is 10.6. The molecule has 1 saturated carbocycles. The van der Waals surface area contributed by atoms with E-state index >= 15 is 0 Å². The summed E-state index contributed by atoms with van der Waals surface area (Å²) in [5.41, 5.74) is 3.15. The summed E-state index contributed by atoms with van der Waals surface area (Å²) in [4.78, 5) is 43.0. The molecule has 2 aromatic carbocycles. The molecule has 2 amide bonds. The van der Waals surface area contributed by atoms with Gasteiger partial charge in [0.05, 0.1) is 31.1 Å². The number of nitrogens with one attached hydrogen (secondary N) is 1. The summed E-state index contributed by atoms with van der Waals surface area (Å²) in [5, 5.41) is 4.86. The zero-order chi connectivity index (χ0) is 39.1. The molecule has 1 N–H and O–H groups in total. The van der Waals surface area contributed by atoms with E-state index in [0.717, 1.165) is 37.8 Å². The molecule has 2 bridgehead atoms. The molecule has 55 heavy (non-hydrogen) atoms. The van der Waals surface area contributed by atoms with Gasteiger partial charge >= 0.3 is 5.97 Å². The van der Waals surface area contributed by atoms with Crippen LogP contribution in [0.2, 0.25) is 5.02 Å². The summed E-state index contributed by atoms with van der Waals surface area (Å²) < 4.78 is 41.1. The number of esters is 1. The van der Waals surface area contributed by atoms with Crippen molar-refractivity contribution in [2.75, 3.05) is 37.5 Å². The second kappa shape index (κ2) is 15.6. The molecule has 0 saturated heterocycles. The minimum absolute atomic E-state index is 0.0575. The standard InChI is InChI=1S/C41H50ClN5O7S/c1-25(2)40(50)54-35-10-6-8-26(3)22-55(51,45-38(49)32-21-46(4)43-39(32)52-5)44-37(48)28-12-16-36-34(19-28)47(20-29-11-14-31(29)35)23-41(24-53-36)17-7-9-27-18-30(42)13-15-33(27)41/h6,10,12-13,15-16,18-19,21,25-26,29,31,35H,7-9,11,14,17,20,22-24H2,1-5H3,(H,44,45,48,49,51)/b10-6-/t26-,29-,31+,35-,41-,55?/m0/s1. The average Bonchev–Trinajstić information content (AvgIpc) is 3.44. The number of methoxy groups -OCH3 is 1. The molecule has 3 heterocycles. The topological polar surface area (TPSA) is 141 Å². The van der Waals surface area contributed by atoms with E-state index in [1.54, 1.807) is 25.2 Å². The van der Waals surface area contributed by atoms with Crippen molar-refractivity contribution >= 4 is 45.0 Å². The van der Waals surface area contributed by atoms with Crippen molar-refractivity contribution in [3.63, 3.8) is 0 Å². The van der Waals surface area contributed by atoms with Crippen molar-refractivity contribution in [1.29, 1.82) is 0 Å². The van der Waals surface area contributed by atoms with Gasteiger partial charge < -0.3 is 19.1 Å². The van der Waals surface area contributed by atoms with Crippen LogP contribution in [0.15, 0.2) is 59.1 Å². The van der Waals surface area contributed by atoms with E-state index in [4.69, 9.17) is 25.8 Å². The first-order valence-corrected chi connectivity index (χ1v) is 21.2. The Morgan fingerprint density at radius 1 is 1.16 bits per heavy atom. The molecule has 0 radical (unpaired) electrons. The number of carbonyl (C=O) groups excluding carboxylic acids is 3. The number of halogens is 1. The lowest BCUT2D eigenvalue weighted by atomic mass is 9.68. The molecule has 12 nitrogen and oxygen atoms in total. The number of anilines is 1. The number of rotatable bonds is 5. The Morgan fingerprint density at radius 3 is 2.73 bits per heavy atom. The second-order valence-corrected chi connectivity index (χ2v) is 18.4. The Labute approximate surface area is 328 Å². The van der Waals surface area contributed by atoms with E-state index in [-0.39, 0.29) is 57.8 Å². The first kappa shape index (κ1) is 38.9. The first-order valence-electron chi connectivity index (χ1n) is 19.1. The number of fused-ring (bicyclic) bond motifs is 4. The smallest absolute Gasteiger partial charge is 0.308 e. The first-order chi connectivity index (χ1) is 26.3. The van der Waals surface area contributed by atoms with Crippen LogP contribution in [0.3, 0.4) is 0 Å². The molecule has 2 aliphatic heterocycles. The predicted molar refractivity (Wildman–Crippen MR) is 211 cm³/mol. The van der Waals surface area contributed by atoms with Crippen LogP contribution >= 0.6 is 11.6 Å². The van der Waals surface area contributed by atoms with Gasteiger partial charge in [0.25, 0.3) is 11.8 Å². The van der Waals surface area contributed by atoms with E-state index in [1.807, 2.05) is 39.0 Å². The lowest BCUT2D eigenvalue weighted by Crippen LogP contribution is -2.50. The summed E-state index contributed by atoms with van der Waals surface area (Å²) in [6.45, 7) is 7.29. The molecule has 4 aliphatic rings. The van der Waals surface area contributed by atoms with E-state index in [1.165, 1.54) is 29.1 Å². The minimum atomic E-state index is -3.67. The minimum Gasteiger partial charge on any atom is -0.490 e. The van der Waals surface area contributed by atoms with Gasteiger partial charge in [0.1, 0.15) is 27.3 Å². The number of carbonyl (C=O) groups is 3. The number of aromatic nitrogens is 2. The quantitative estimate of drug-likeness (QED) is 0.221. The number of ether oxygens (including phenoxy) is 3. The van der Waals surface area contributed by atoms with E-state index in [0.29, 0.717) is 36.9 Å². The Bertz CT molecular complexity index is 2140. The van der Waals surface area contributed by atoms with E-state index in [2.05, 4.69) is 31.2 Å². The van der Waals surface area contributed by atoms with Crippen LogP contribution in [0.25, 0.3) is 0 Å². The number of aryl methyl sites for hydroxylation is 2.